The topological polar surface area (TPSA) is 51.9 Å². The third-order valence-corrected chi connectivity index (χ3v) is 4.40. The maximum absolute atomic E-state index is 12.8. The second kappa shape index (κ2) is 7.60. The van der Waals surface area contributed by atoms with Crippen LogP contribution < -0.4 is 5.32 Å². The molecule has 5 heteroatoms. The molecule has 1 amide bonds. The van der Waals surface area contributed by atoms with Gasteiger partial charge in [-0.25, -0.2) is 4.68 Å². The lowest BCUT2D eigenvalue weighted by Gasteiger charge is -2.10. The highest BCUT2D eigenvalue weighted by Crippen LogP contribution is 2.22. The van der Waals surface area contributed by atoms with Crippen LogP contribution >= 0.6 is 0 Å². The van der Waals surface area contributed by atoms with Crippen LogP contribution in [0.1, 0.15) is 36.3 Å². The smallest absolute Gasteiger partial charge is 0.270 e. The highest BCUT2D eigenvalue weighted by molar-refractivity contribution is 5.94. The van der Waals surface area contributed by atoms with Crippen LogP contribution in [0.25, 0.3) is 17.1 Å². The fourth-order valence-corrected chi connectivity index (χ4v) is 2.92. The van der Waals surface area contributed by atoms with Crippen molar-refractivity contribution in [1.29, 1.82) is 0 Å². The Kier molecular flexibility index (Phi) is 5.26. The first kappa shape index (κ1) is 18.0. The maximum atomic E-state index is 12.8. The van der Waals surface area contributed by atoms with E-state index in [9.17, 15) is 4.79 Å². The monoisotopic (exact) mass is 350 g/mol. The summed E-state index contributed by atoms with van der Waals surface area (Å²) in [6, 6.07) is 13.9. The summed E-state index contributed by atoms with van der Waals surface area (Å²) < 4.78 is 3.74. The quantitative estimate of drug-likeness (QED) is 0.731. The van der Waals surface area contributed by atoms with Crippen molar-refractivity contribution in [3.05, 3.63) is 59.9 Å². The van der Waals surface area contributed by atoms with E-state index in [0.29, 0.717) is 18.2 Å². The molecule has 0 bridgehead atoms. The van der Waals surface area contributed by atoms with Crippen LogP contribution in [0.3, 0.4) is 0 Å². The average molecular weight is 350 g/mol. The lowest BCUT2D eigenvalue weighted by atomic mass is 10.1. The largest absolute Gasteiger partial charge is 0.351 e. The van der Waals surface area contributed by atoms with Gasteiger partial charge >= 0.3 is 0 Å². The van der Waals surface area contributed by atoms with E-state index in [1.807, 2.05) is 67.2 Å². The van der Waals surface area contributed by atoms with E-state index in [1.54, 1.807) is 4.68 Å². The molecule has 2 aromatic heterocycles. The Hall–Kier alpha value is -2.82. The van der Waals surface area contributed by atoms with Gasteiger partial charge in [-0.3, -0.25) is 4.79 Å². The van der Waals surface area contributed by atoms with Gasteiger partial charge in [0.15, 0.2) is 0 Å². The van der Waals surface area contributed by atoms with Gasteiger partial charge in [-0.15, -0.1) is 0 Å². The van der Waals surface area contributed by atoms with Gasteiger partial charge in [0.25, 0.3) is 5.91 Å². The van der Waals surface area contributed by atoms with Crippen molar-refractivity contribution >= 4 is 5.91 Å². The Bertz CT molecular complexity index is 904. The Morgan fingerprint density at radius 1 is 1.19 bits per heavy atom. The minimum atomic E-state index is -0.0971. The summed E-state index contributed by atoms with van der Waals surface area (Å²) in [6.45, 7) is 7.00. The summed E-state index contributed by atoms with van der Waals surface area (Å²) in [7, 11) is 1.98. The minimum absolute atomic E-state index is 0.0971. The zero-order valence-corrected chi connectivity index (χ0v) is 15.9. The molecule has 0 unspecified atom stereocenters. The van der Waals surface area contributed by atoms with Crippen LogP contribution in [-0.4, -0.2) is 26.8 Å². The van der Waals surface area contributed by atoms with E-state index in [1.165, 1.54) is 0 Å². The molecule has 0 aliphatic carbocycles. The van der Waals surface area contributed by atoms with Crippen LogP contribution in [0.5, 0.6) is 0 Å². The predicted molar refractivity (Wildman–Crippen MR) is 104 cm³/mol. The number of amides is 1. The SMILES string of the molecule is Cc1cccc(-n2nc(-c3cccn3C)cc2C(=O)NCCC(C)C)c1. The molecule has 0 spiro atoms. The van der Waals surface area contributed by atoms with Gasteiger partial charge in [-0.1, -0.05) is 26.0 Å². The number of hydrogen-bond acceptors (Lipinski definition) is 2. The Morgan fingerprint density at radius 3 is 2.65 bits per heavy atom. The Balaban J connectivity index is 1.99. The number of nitrogens with zero attached hydrogens (tertiary/aromatic N) is 3. The molecule has 0 saturated heterocycles. The van der Waals surface area contributed by atoms with Crippen molar-refractivity contribution in [3.8, 4) is 17.1 Å². The normalized spacial score (nSPS) is 11.1. The second-order valence-corrected chi connectivity index (χ2v) is 7.11. The molecule has 0 saturated carbocycles. The molecule has 0 atom stereocenters. The van der Waals surface area contributed by atoms with Crippen LogP contribution in [0, 0.1) is 12.8 Å². The highest BCUT2D eigenvalue weighted by Gasteiger charge is 2.18. The molecular formula is C21H26N4O. The van der Waals surface area contributed by atoms with Gasteiger partial charge in [0.1, 0.15) is 11.4 Å². The zero-order chi connectivity index (χ0) is 18.7. The fraction of sp³-hybridized carbons (Fsp3) is 0.333. The minimum Gasteiger partial charge on any atom is -0.351 e. The van der Waals surface area contributed by atoms with Crippen molar-refractivity contribution in [3.63, 3.8) is 0 Å². The summed E-state index contributed by atoms with van der Waals surface area (Å²) >= 11 is 0. The lowest BCUT2D eigenvalue weighted by Crippen LogP contribution is -2.27. The third-order valence-electron chi connectivity index (χ3n) is 4.40. The number of rotatable bonds is 6. The molecule has 2 heterocycles. The first-order valence-electron chi connectivity index (χ1n) is 9.02. The van der Waals surface area contributed by atoms with Crippen molar-refractivity contribution in [2.24, 2.45) is 13.0 Å². The molecular weight excluding hydrogens is 324 g/mol. The van der Waals surface area contributed by atoms with Gasteiger partial charge in [0.05, 0.1) is 11.4 Å². The van der Waals surface area contributed by atoms with Crippen LogP contribution in [0.15, 0.2) is 48.7 Å². The standard InChI is InChI=1S/C21H26N4O/c1-15(2)10-11-22-21(26)20-14-18(19-9-6-12-24(19)4)23-25(20)17-8-5-7-16(3)13-17/h5-9,12-15H,10-11H2,1-4H3,(H,22,26). The lowest BCUT2D eigenvalue weighted by molar-refractivity contribution is 0.0944. The number of benzene rings is 1. The average Bonchev–Trinajstić information content (AvgIpc) is 3.20. The van der Waals surface area contributed by atoms with Gasteiger partial charge in [-0.05, 0) is 55.2 Å². The van der Waals surface area contributed by atoms with Gasteiger partial charge in [0.2, 0.25) is 0 Å². The Morgan fingerprint density at radius 2 is 2.00 bits per heavy atom. The summed E-state index contributed by atoms with van der Waals surface area (Å²) in [6.07, 6.45) is 2.93. The van der Waals surface area contributed by atoms with E-state index in [4.69, 9.17) is 5.10 Å². The van der Waals surface area contributed by atoms with Crippen molar-refractivity contribution < 1.29 is 4.79 Å². The van der Waals surface area contributed by atoms with Crippen LogP contribution in [0.4, 0.5) is 0 Å². The molecule has 1 N–H and O–H groups in total. The molecule has 0 fully saturated rings. The molecule has 26 heavy (non-hydrogen) atoms. The third kappa shape index (κ3) is 3.87. The van der Waals surface area contributed by atoms with E-state index < -0.39 is 0 Å². The van der Waals surface area contributed by atoms with E-state index in [-0.39, 0.29) is 5.91 Å². The molecule has 136 valence electrons. The summed E-state index contributed by atoms with van der Waals surface area (Å²) in [5.74, 6) is 0.455. The van der Waals surface area contributed by atoms with Crippen molar-refractivity contribution in [2.75, 3.05) is 6.54 Å². The number of aryl methyl sites for hydroxylation is 2. The fourth-order valence-electron chi connectivity index (χ4n) is 2.92. The molecule has 0 radical (unpaired) electrons. The second-order valence-electron chi connectivity index (χ2n) is 7.11. The molecule has 3 rings (SSSR count). The Labute approximate surface area is 154 Å². The van der Waals surface area contributed by atoms with Crippen molar-refractivity contribution in [1.82, 2.24) is 19.7 Å². The van der Waals surface area contributed by atoms with Crippen LogP contribution in [-0.2, 0) is 7.05 Å². The number of carbonyl (C=O) groups excluding carboxylic acids is 1. The molecule has 3 aromatic rings. The highest BCUT2D eigenvalue weighted by atomic mass is 16.2. The van der Waals surface area contributed by atoms with Gasteiger partial charge in [-0.2, -0.15) is 5.10 Å². The number of aromatic nitrogens is 3. The first-order chi connectivity index (χ1) is 12.5. The number of hydrogen-bond donors (Lipinski definition) is 1. The van der Waals surface area contributed by atoms with E-state index in [0.717, 1.165) is 29.1 Å². The zero-order valence-electron chi connectivity index (χ0n) is 15.9. The first-order valence-corrected chi connectivity index (χ1v) is 9.02. The predicted octanol–water partition coefficient (Wildman–Crippen LogP) is 3.96. The molecule has 0 aliphatic heterocycles. The summed E-state index contributed by atoms with van der Waals surface area (Å²) in [5.41, 5.74) is 4.33. The van der Waals surface area contributed by atoms with Crippen LogP contribution in [0.2, 0.25) is 0 Å². The van der Waals surface area contributed by atoms with Gasteiger partial charge < -0.3 is 9.88 Å². The summed E-state index contributed by atoms with van der Waals surface area (Å²) in [4.78, 5) is 12.8. The van der Waals surface area contributed by atoms with E-state index >= 15 is 0 Å². The molecule has 0 aliphatic rings. The van der Waals surface area contributed by atoms with Gasteiger partial charge in [0, 0.05) is 19.8 Å². The molecule has 1 aromatic carbocycles. The number of nitrogens with one attached hydrogen (secondary N) is 1. The van der Waals surface area contributed by atoms with E-state index in [2.05, 4.69) is 19.2 Å². The maximum Gasteiger partial charge on any atom is 0.270 e. The number of carbonyl (C=O) groups is 1. The molecule has 5 nitrogen and oxygen atoms in total. The van der Waals surface area contributed by atoms with Crippen molar-refractivity contribution in [2.45, 2.75) is 27.2 Å². The summed E-state index contributed by atoms with van der Waals surface area (Å²) in [5, 5.41) is 7.75.